The van der Waals surface area contributed by atoms with Gasteiger partial charge in [-0.25, -0.2) is 4.98 Å². The van der Waals surface area contributed by atoms with E-state index in [1.807, 2.05) is 0 Å². The Morgan fingerprint density at radius 3 is 2.94 bits per heavy atom. The zero-order chi connectivity index (χ0) is 12.4. The van der Waals surface area contributed by atoms with E-state index in [-0.39, 0.29) is 0 Å². The van der Waals surface area contributed by atoms with E-state index in [4.69, 9.17) is 9.72 Å². The van der Waals surface area contributed by atoms with E-state index in [9.17, 15) is 0 Å². The quantitative estimate of drug-likeness (QED) is 0.828. The minimum Gasteiger partial charge on any atom is -0.371 e. The van der Waals surface area contributed by atoms with Gasteiger partial charge >= 0.3 is 0 Å². The smallest absolute Gasteiger partial charge is 0.185 e. The van der Waals surface area contributed by atoms with Gasteiger partial charge in [-0.2, -0.15) is 0 Å². The van der Waals surface area contributed by atoms with Crippen molar-refractivity contribution in [1.29, 1.82) is 0 Å². The number of ether oxygens (including phenoxy) is 1. The Labute approximate surface area is 112 Å². The van der Waals surface area contributed by atoms with Gasteiger partial charge in [0, 0.05) is 25.0 Å². The normalized spacial score (nSPS) is 26.8. The van der Waals surface area contributed by atoms with Gasteiger partial charge in [0.1, 0.15) is 0 Å². The Bertz CT molecular complexity index is 383. The highest BCUT2D eigenvalue weighted by Crippen LogP contribution is 2.31. The summed E-state index contributed by atoms with van der Waals surface area (Å²) >= 11 is 1.77. The summed E-state index contributed by atoms with van der Waals surface area (Å²) in [6.45, 7) is 6.18. The molecule has 3 heterocycles. The first kappa shape index (κ1) is 12.4. The fourth-order valence-corrected chi connectivity index (χ4v) is 3.53. The molecule has 2 aliphatic rings. The van der Waals surface area contributed by atoms with Crippen LogP contribution in [0.1, 0.15) is 31.9 Å². The van der Waals surface area contributed by atoms with E-state index >= 15 is 0 Å². The van der Waals surface area contributed by atoms with E-state index in [0.29, 0.717) is 12.2 Å². The maximum absolute atomic E-state index is 5.86. The first-order valence-corrected chi connectivity index (χ1v) is 7.78. The van der Waals surface area contributed by atoms with Crippen LogP contribution in [0.5, 0.6) is 0 Å². The van der Waals surface area contributed by atoms with Gasteiger partial charge in [0.05, 0.1) is 17.9 Å². The summed E-state index contributed by atoms with van der Waals surface area (Å²) < 4.78 is 5.86. The van der Waals surface area contributed by atoms with Gasteiger partial charge in [-0.1, -0.05) is 6.92 Å². The topological polar surface area (TPSA) is 37.4 Å². The lowest BCUT2D eigenvalue weighted by atomic mass is 10.2. The predicted molar refractivity (Wildman–Crippen MR) is 74.2 cm³/mol. The number of aromatic nitrogens is 1. The summed E-state index contributed by atoms with van der Waals surface area (Å²) in [6.07, 6.45) is 4.49. The molecule has 4 nitrogen and oxygen atoms in total. The maximum Gasteiger partial charge on any atom is 0.185 e. The van der Waals surface area contributed by atoms with Gasteiger partial charge in [0.15, 0.2) is 5.13 Å². The highest BCUT2D eigenvalue weighted by Gasteiger charge is 2.34. The molecule has 2 aliphatic heterocycles. The molecule has 2 atom stereocenters. The minimum absolute atomic E-state index is 0.439. The molecule has 2 unspecified atom stereocenters. The van der Waals surface area contributed by atoms with E-state index in [1.165, 1.54) is 30.1 Å². The molecular weight excluding hydrogens is 246 g/mol. The van der Waals surface area contributed by atoms with E-state index in [0.717, 1.165) is 26.2 Å². The van der Waals surface area contributed by atoms with Crippen LogP contribution in [-0.4, -0.2) is 36.8 Å². The molecule has 5 heteroatoms. The molecule has 0 aromatic carbocycles. The number of morpholine rings is 1. The van der Waals surface area contributed by atoms with E-state index < -0.39 is 0 Å². The minimum atomic E-state index is 0.439. The van der Waals surface area contributed by atoms with Crippen molar-refractivity contribution in [3.05, 3.63) is 11.1 Å². The lowest BCUT2D eigenvalue weighted by molar-refractivity contribution is 0.0305. The average Bonchev–Trinajstić information content (AvgIpc) is 2.97. The summed E-state index contributed by atoms with van der Waals surface area (Å²) in [7, 11) is 0. The second-order valence-electron chi connectivity index (χ2n) is 5.16. The molecule has 0 saturated carbocycles. The molecule has 100 valence electrons. The first-order valence-electron chi connectivity index (χ1n) is 6.90. The number of hydrogen-bond donors (Lipinski definition) is 1. The van der Waals surface area contributed by atoms with Crippen molar-refractivity contribution in [2.24, 2.45) is 0 Å². The fraction of sp³-hybridized carbons (Fsp3) is 0.769. The van der Waals surface area contributed by atoms with E-state index in [1.54, 1.807) is 11.3 Å². The van der Waals surface area contributed by atoms with Gasteiger partial charge < -0.3 is 15.0 Å². The number of anilines is 1. The molecule has 1 N–H and O–H groups in total. The van der Waals surface area contributed by atoms with Crippen LogP contribution < -0.4 is 10.2 Å². The van der Waals surface area contributed by atoms with Gasteiger partial charge in [0.2, 0.25) is 0 Å². The Balaban J connectivity index is 1.59. The van der Waals surface area contributed by atoms with Crippen LogP contribution in [0, 0.1) is 0 Å². The Kier molecular flexibility index (Phi) is 3.82. The third-order valence-electron chi connectivity index (χ3n) is 3.59. The summed E-state index contributed by atoms with van der Waals surface area (Å²) in [6, 6.07) is 0. The van der Waals surface area contributed by atoms with Crippen LogP contribution in [0.4, 0.5) is 5.13 Å². The zero-order valence-electron chi connectivity index (χ0n) is 10.9. The van der Waals surface area contributed by atoms with Crippen LogP contribution >= 0.6 is 11.3 Å². The standard InChI is InChI=1S/C13H21N3OS/c1-2-5-14-6-10-9-18-13(15-10)16-7-11-3-4-12(8-16)17-11/h9,11-12,14H,2-8H2,1H3. The third-order valence-corrected chi connectivity index (χ3v) is 4.54. The van der Waals surface area contributed by atoms with Crippen LogP contribution in [0.3, 0.4) is 0 Å². The predicted octanol–water partition coefficient (Wildman–Crippen LogP) is 2.01. The SMILES string of the molecule is CCCNCc1csc(N2CC3CCC(C2)O3)n1. The van der Waals surface area contributed by atoms with Crippen molar-refractivity contribution in [2.75, 3.05) is 24.5 Å². The van der Waals surface area contributed by atoms with Gasteiger partial charge in [-0.3, -0.25) is 0 Å². The number of hydrogen-bond acceptors (Lipinski definition) is 5. The summed E-state index contributed by atoms with van der Waals surface area (Å²) in [4.78, 5) is 7.13. The van der Waals surface area contributed by atoms with Crippen LogP contribution in [0.25, 0.3) is 0 Å². The Morgan fingerprint density at radius 1 is 1.44 bits per heavy atom. The fourth-order valence-electron chi connectivity index (χ4n) is 2.69. The second-order valence-corrected chi connectivity index (χ2v) is 6.00. The average molecular weight is 267 g/mol. The van der Waals surface area contributed by atoms with Gasteiger partial charge in [-0.15, -0.1) is 11.3 Å². The molecule has 2 saturated heterocycles. The highest BCUT2D eigenvalue weighted by atomic mass is 32.1. The number of nitrogens with one attached hydrogen (secondary N) is 1. The maximum atomic E-state index is 5.86. The molecule has 2 bridgehead atoms. The highest BCUT2D eigenvalue weighted by molar-refractivity contribution is 7.13. The first-order chi connectivity index (χ1) is 8.85. The van der Waals surface area contributed by atoms with Crippen molar-refractivity contribution in [3.8, 4) is 0 Å². The van der Waals surface area contributed by atoms with Crippen molar-refractivity contribution < 1.29 is 4.74 Å². The van der Waals surface area contributed by atoms with Crippen molar-refractivity contribution in [1.82, 2.24) is 10.3 Å². The molecule has 0 aliphatic carbocycles. The zero-order valence-corrected chi connectivity index (χ0v) is 11.7. The summed E-state index contributed by atoms with van der Waals surface area (Å²) in [5.41, 5.74) is 1.17. The van der Waals surface area contributed by atoms with Crippen LogP contribution in [0.2, 0.25) is 0 Å². The number of fused-ring (bicyclic) bond motifs is 2. The molecule has 0 radical (unpaired) electrons. The molecule has 2 fully saturated rings. The number of nitrogens with zero attached hydrogens (tertiary/aromatic N) is 2. The molecule has 1 aromatic heterocycles. The monoisotopic (exact) mass is 267 g/mol. The van der Waals surface area contributed by atoms with Crippen LogP contribution in [-0.2, 0) is 11.3 Å². The number of thiazole rings is 1. The Morgan fingerprint density at radius 2 is 2.22 bits per heavy atom. The van der Waals surface area contributed by atoms with Crippen molar-refractivity contribution >= 4 is 16.5 Å². The second kappa shape index (κ2) is 5.55. The molecule has 0 amide bonds. The molecule has 3 rings (SSSR count). The summed E-state index contributed by atoms with van der Waals surface area (Å²) in [5, 5.41) is 6.74. The van der Waals surface area contributed by atoms with Crippen molar-refractivity contribution in [2.45, 2.75) is 44.9 Å². The molecule has 1 aromatic rings. The van der Waals surface area contributed by atoms with Gasteiger partial charge in [0.25, 0.3) is 0 Å². The lowest BCUT2D eigenvalue weighted by Crippen LogP contribution is -2.42. The number of rotatable bonds is 5. The Hall–Kier alpha value is -0.650. The lowest BCUT2D eigenvalue weighted by Gasteiger charge is -2.31. The summed E-state index contributed by atoms with van der Waals surface area (Å²) in [5.74, 6) is 0. The van der Waals surface area contributed by atoms with E-state index in [2.05, 4.69) is 22.5 Å². The molecule has 0 spiro atoms. The molecule has 18 heavy (non-hydrogen) atoms. The third kappa shape index (κ3) is 2.68. The van der Waals surface area contributed by atoms with Crippen LogP contribution in [0.15, 0.2) is 5.38 Å². The van der Waals surface area contributed by atoms with Gasteiger partial charge in [-0.05, 0) is 25.8 Å². The van der Waals surface area contributed by atoms with Crippen molar-refractivity contribution in [3.63, 3.8) is 0 Å². The largest absolute Gasteiger partial charge is 0.371 e. The molecular formula is C13H21N3OS.